The number of anilines is 2. The van der Waals surface area contributed by atoms with Gasteiger partial charge in [0.15, 0.2) is 0 Å². The third kappa shape index (κ3) is 2.54. The van der Waals surface area contributed by atoms with Crippen LogP contribution in [0.15, 0.2) is 54.7 Å². The van der Waals surface area contributed by atoms with Crippen LogP contribution in [0.3, 0.4) is 0 Å². The molecule has 1 aromatic heterocycles. The van der Waals surface area contributed by atoms with Crippen molar-refractivity contribution >= 4 is 22.3 Å². The number of fused-ring (bicyclic) bond motifs is 1. The Hall–Kier alpha value is -2.62. The number of halogens is 1. The number of nitrogens with zero attached hydrogens (tertiary/aromatic N) is 1. The summed E-state index contributed by atoms with van der Waals surface area (Å²) in [5.41, 5.74) is 9.13. The van der Waals surface area contributed by atoms with Crippen molar-refractivity contribution in [1.29, 1.82) is 0 Å². The van der Waals surface area contributed by atoms with Gasteiger partial charge in [-0.3, -0.25) is 4.98 Å². The van der Waals surface area contributed by atoms with Crippen molar-refractivity contribution in [3.05, 3.63) is 66.1 Å². The van der Waals surface area contributed by atoms with Gasteiger partial charge in [0.2, 0.25) is 0 Å². The summed E-state index contributed by atoms with van der Waals surface area (Å²) in [6, 6.07) is 14.1. The molecule has 3 N–H and O–H groups in total. The molecular formula is C16H14FN3. The number of hydrogen-bond acceptors (Lipinski definition) is 3. The first-order chi connectivity index (χ1) is 9.72. The molecule has 0 unspecified atom stereocenters. The fraction of sp³-hybridized carbons (Fsp3) is 0.0625. The summed E-state index contributed by atoms with van der Waals surface area (Å²) in [6.45, 7) is 0.557. The molecule has 3 nitrogen and oxygen atoms in total. The van der Waals surface area contributed by atoms with Crippen LogP contribution in [0.4, 0.5) is 15.8 Å². The summed E-state index contributed by atoms with van der Waals surface area (Å²) in [5.74, 6) is -0.225. The lowest BCUT2D eigenvalue weighted by Gasteiger charge is -2.10. The fourth-order valence-electron chi connectivity index (χ4n) is 2.16. The van der Waals surface area contributed by atoms with Gasteiger partial charge in [0.05, 0.1) is 5.52 Å². The number of hydrogen-bond donors (Lipinski definition) is 2. The molecule has 20 heavy (non-hydrogen) atoms. The first-order valence-electron chi connectivity index (χ1n) is 6.35. The van der Waals surface area contributed by atoms with Crippen LogP contribution >= 0.6 is 0 Å². The van der Waals surface area contributed by atoms with E-state index in [9.17, 15) is 4.39 Å². The zero-order valence-electron chi connectivity index (χ0n) is 10.8. The monoisotopic (exact) mass is 267 g/mol. The number of nitrogens with one attached hydrogen (secondary N) is 1. The van der Waals surface area contributed by atoms with E-state index in [0.29, 0.717) is 12.2 Å². The molecule has 0 amide bonds. The largest absolute Gasteiger partial charge is 0.399 e. The summed E-state index contributed by atoms with van der Waals surface area (Å²) in [6.07, 6.45) is 1.73. The van der Waals surface area contributed by atoms with Crippen molar-refractivity contribution in [1.82, 2.24) is 4.98 Å². The van der Waals surface area contributed by atoms with E-state index in [-0.39, 0.29) is 5.82 Å². The second-order valence-electron chi connectivity index (χ2n) is 4.62. The van der Waals surface area contributed by atoms with Gasteiger partial charge in [-0.25, -0.2) is 4.39 Å². The van der Waals surface area contributed by atoms with E-state index >= 15 is 0 Å². The van der Waals surface area contributed by atoms with Crippen LogP contribution in [0.2, 0.25) is 0 Å². The Labute approximate surface area is 116 Å². The van der Waals surface area contributed by atoms with Crippen LogP contribution < -0.4 is 11.1 Å². The highest BCUT2D eigenvalue weighted by Gasteiger charge is 2.02. The Morgan fingerprint density at radius 2 is 2.00 bits per heavy atom. The van der Waals surface area contributed by atoms with Gasteiger partial charge >= 0.3 is 0 Å². The highest BCUT2D eigenvalue weighted by atomic mass is 19.1. The zero-order chi connectivity index (χ0) is 13.9. The van der Waals surface area contributed by atoms with E-state index in [1.54, 1.807) is 12.3 Å². The van der Waals surface area contributed by atoms with Gasteiger partial charge in [-0.05, 0) is 42.0 Å². The molecule has 4 heteroatoms. The highest BCUT2D eigenvalue weighted by molar-refractivity contribution is 5.92. The van der Waals surface area contributed by atoms with Gasteiger partial charge in [0, 0.05) is 29.5 Å². The van der Waals surface area contributed by atoms with Gasteiger partial charge in [-0.1, -0.05) is 12.1 Å². The van der Waals surface area contributed by atoms with Crippen molar-refractivity contribution in [2.75, 3.05) is 11.1 Å². The molecule has 1 heterocycles. The molecule has 100 valence electrons. The van der Waals surface area contributed by atoms with Crippen LogP contribution in [-0.4, -0.2) is 4.98 Å². The number of aromatic nitrogens is 1. The summed E-state index contributed by atoms with van der Waals surface area (Å²) >= 11 is 0. The normalized spacial score (nSPS) is 10.7. The number of nitrogen functional groups attached to an aromatic ring is 1. The molecule has 0 aliphatic heterocycles. The van der Waals surface area contributed by atoms with Gasteiger partial charge in [0.25, 0.3) is 0 Å². The Kier molecular flexibility index (Phi) is 3.21. The van der Waals surface area contributed by atoms with E-state index in [2.05, 4.69) is 10.3 Å². The molecule has 0 atom stereocenters. The SMILES string of the molecule is Nc1ccc2c(NCc3cccc(F)c3)ccnc2c1. The predicted octanol–water partition coefficient (Wildman–Crippen LogP) is 3.57. The Morgan fingerprint density at radius 3 is 2.85 bits per heavy atom. The number of pyridine rings is 1. The van der Waals surface area contributed by atoms with Crippen molar-refractivity contribution < 1.29 is 4.39 Å². The minimum Gasteiger partial charge on any atom is -0.399 e. The average molecular weight is 267 g/mol. The number of benzene rings is 2. The summed E-state index contributed by atoms with van der Waals surface area (Å²) in [5, 5.41) is 4.30. The van der Waals surface area contributed by atoms with Crippen molar-refractivity contribution in [2.24, 2.45) is 0 Å². The Morgan fingerprint density at radius 1 is 1.10 bits per heavy atom. The third-order valence-corrected chi connectivity index (χ3v) is 3.14. The van der Waals surface area contributed by atoms with E-state index in [4.69, 9.17) is 5.73 Å². The molecule has 0 radical (unpaired) electrons. The van der Waals surface area contributed by atoms with Crippen LogP contribution in [0.1, 0.15) is 5.56 Å². The van der Waals surface area contributed by atoms with Crippen molar-refractivity contribution in [3.8, 4) is 0 Å². The van der Waals surface area contributed by atoms with E-state index in [0.717, 1.165) is 22.2 Å². The molecule has 0 spiro atoms. The lowest BCUT2D eigenvalue weighted by atomic mass is 10.1. The molecular weight excluding hydrogens is 253 g/mol. The number of nitrogens with two attached hydrogens (primary N) is 1. The maximum atomic E-state index is 13.1. The van der Waals surface area contributed by atoms with Crippen molar-refractivity contribution in [3.63, 3.8) is 0 Å². The van der Waals surface area contributed by atoms with Crippen LogP contribution in [0, 0.1) is 5.82 Å². The summed E-state index contributed by atoms with van der Waals surface area (Å²) in [7, 11) is 0. The first-order valence-corrected chi connectivity index (χ1v) is 6.35. The Balaban J connectivity index is 1.87. The predicted molar refractivity (Wildman–Crippen MR) is 79.9 cm³/mol. The topological polar surface area (TPSA) is 50.9 Å². The van der Waals surface area contributed by atoms with Crippen LogP contribution in [0.5, 0.6) is 0 Å². The molecule has 0 fully saturated rings. The lowest BCUT2D eigenvalue weighted by molar-refractivity contribution is 0.626. The molecule has 0 saturated carbocycles. The Bertz CT molecular complexity index is 756. The minimum atomic E-state index is -0.225. The molecule has 0 saturated heterocycles. The van der Waals surface area contributed by atoms with Gasteiger partial charge in [-0.2, -0.15) is 0 Å². The second kappa shape index (κ2) is 5.17. The zero-order valence-corrected chi connectivity index (χ0v) is 10.8. The molecule has 0 aliphatic carbocycles. The highest BCUT2D eigenvalue weighted by Crippen LogP contribution is 2.23. The molecule has 2 aromatic carbocycles. The average Bonchev–Trinajstić information content (AvgIpc) is 2.44. The van der Waals surface area contributed by atoms with Crippen molar-refractivity contribution in [2.45, 2.75) is 6.54 Å². The van der Waals surface area contributed by atoms with Crippen LogP contribution in [-0.2, 0) is 6.54 Å². The molecule has 3 aromatic rings. The summed E-state index contributed by atoms with van der Waals surface area (Å²) in [4.78, 5) is 4.29. The first kappa shape index (κ1) is 12.4. The molecule has 0 bridgehead atoms. The molecule has 3 rings (SSSR count). The lowest BCUT2D eigenvalue weighted by Crippen LogP contribution is -2.01. The second-order valence-corrected chi connectivity index (χ2v) is 4.62. The quantitative estimate of drug-likeness (QED) is 0.713. The molecule has 0 aliphatic rings. The maximum Gasteiger partial charge on any atom is 0.123 e. The van der Waals surface area contributed by atoms with E-state index < -0.39 is 0 Å². The van der Waals surface area contributed by atoms with Gasteiger partial charge in [0.1, 0.15) is 5.82 Å². The van der Waals surface area contributed by atoms with Gasteiger partial charge < -0.3 is 11.1 Å². The fourth-order valence-corrected chi connectivity index (χ4v) is 2.16. The number of rotatable bonds is 3. The summed E-state index contributed by atoms with van der Waals surface area (Å²) < 4.78 is 13.1. The van der Waals surface area contributed by atoms with Gasteiger partial charge in [-0.15, -0.1) is 0 Å². The minimum absolute atomic E-state index is 0.225. The van der Waals surface area contributed by atoms with Crippen LogP contribution in [0.25, 0.3) is 10.9 Å². The smallest absolute Gasteiger partial charge is 0.123 e. The maximum absolute atomic E-state index is 13.1. The van der Waals surface area contributed by atoms with E-state index in [1.807, 2.05) is 30.3 Å². The third-order valence-electron chi connectivity index (χ3n) is 3.14. The van der Waals surface area contributed by atoms with E-state index in [1.165, 1.54) is 12.1 Å². The standard InChI is InChI=1S/C16H14FN3/c17-12-3-1-2-11(8-12)10-20-15-6-7-19-16-9-13(18)4-5-14(15)16/h1-9H,10,18H2,(H,19,20).